The lowest BCUT2D eigenvalue weighted by molar-refractivity contribution is -0.115. The third-order valence-electron chi connectivity index (χ3n) is 3.65. The zero-order valence-electron chi connectivity index (χ0n) is 10.2. The van der Waals surface area contributed by atoms with Crippen LogP contribution in [0.2, 0.25) is 0 Å². The first-order valence-corrected chi connectivity index (χ1v) is 6.45. The largest absolute Gasteiger partial charge is 0.388 e. The number of amides is 1. The highest BCUT2D eigenvalue weighted by Crippen LogP contribution is 2.30. The average Bonchev–Trinajstić information content (AvgIpc) is 2.95. The number of aliphatic hydroxyl groups excluding tert-OH is 1. The van der Waals surface area contributed by atoms with Crippen molar-refractivity contribution in [3.05, 3.63) is 29.3 Å². The van der Waals surface area contributed by atoms with E-state index in [9.17, 15) is 9.90 Å². The van der Waals surface area contributed by atoms with E-state index in [1.165, 1.54) is 0 Å². The number of carbonyl (C=O) groups excluding carboxylic acids is 1. The minimum absolute atomic E-state index is 0.0239. The maximum absolute atomic E-state index is 11.3. The summed E-state index contributed by atoms with van der Waals surface area (Å²) in [5.41, 5.74) is 2.72. The Labute approximate surface area is 106 Å². The van der Waals surface area contributed by atoms with Gasteiger partial charge in [0.2, 0.25) is 5.91 Å². The normalized spacial score (nSPS) is 23.8. The highest BCUT2D eigenvalue weighted by Gasteiger charge is 2.23. The lowest BCUT2D eigenvalue weighted by Crippen LogP contribution is -2.11. The van der Waals surface area contributed by atoms with E-state index >= 15 is 0 Å². The fraction of sp³-hybridized carbons (Fsp3) is 0.500. The number of anilines is 1. The van der Waals surface area contributed by atoms with Gasteiger partial charge >= 0.3 is 0 Å². The number of ether oxygens (including phenoxy) is 1. The average molecular weight is 247 g/mol. The molecule has 4 heteroatoms. The van der Waals surface area contributed by atoms with Crippen LogP contribution in [0.1, 0.15) is 36.5 Å². The molecule has 0 aliphatic carbocycles. The summed E-state index contributed by atoms with van der Waals surface area (Å²) >= 11 is 0. The lowest BCUT2D eigenvalue weighted by atomic mass is 9.99. The summed E-state index contributed by atoms with van der Waals surface area (Å²) in [7, 11) is 0. The van der Waals surface area contributed by atoms with Crippen LogP contribution >= 0.6 is 0 Å². The van der Waals surface area contributed by atoms with Gasteiger partial charge < -0.3 is 15.2 Å². The highest BCUT2D eigenvalue weighted by atomic mass is 16.5. The van der Waals surface area contributed by atoms with E-state index in [2.05, 4.69) is 5.32 Å². The Morgan fingerprint density at radius 2 is 2.39 bits per heavy atom. The molecule has 1 aromatic carbocycles. The Morgan fingerprint density at radius 3 is 3.17 bits per heavy atom. The molecule has 4 nitrogen and oxygen atoms in total. The molecule has 2 N–H and O–H groups in total. The second-order valence-corrected chi connectivity index (χ2v) is 5.03. The Balaban J connectivity index is 1.72. The maximum atomic E-state index is 11.3. The molecule has 2 atom stereocenters. The summed E-state index contributed by atoms with van der Waals surface area (Å²) < 4.78 is 5.53. The zero-order valence-corrected chi connectivity index (χ0v) is 10.2. The topological polar surface area (TPSA) is 58.6 Å². The quantitative estimate of drug-likeness (QED) is 0.856. The van der Waals surface area contributed by atoms with Gasteiger partial charge in [-0.15, -0.1) is 0 Å². The van der Waals surface area contributed by atoms with Crippen molar-refractivity contribution < 1.29 is 14.6 Å². The van der Waals surface area contributed by atoms with E-state index in [1.807, 2.05) is 18.2 Å². The summed E-state index contributed by atoms with van der Waals surface area (Å²) in [5, 5.41) is 13.0. The van der Waals surface area contributed by atoms with E-state index in [-0.39, 0.29) is 12.0 Å². The van der Waals surface area contributed by atoms with E-state index in [0.29, 0.717) is 12.8 Å². The van der Waals surface area contributed by atoms with Crippen LogP contribution in [0.4, 0.5) is 5.69 Å². The molecule has 1 saturated heterocycles. The highest BCUT2D eigenvalue weighted by molar-refractivity contribution is 5.99. The number of rotatable bonds is 3. The smallest absolute Gasteiger partial charge is 0.228 e. The van der Waals surface area contributed by atoms with Crippen molar-refractivity contribution in [2.45, 2.75) is 37.9 Å². The molecule has 2 aliphatic rings. The van der Waals surface area contributed by atoms with Gasteiger partial charge in [0.15, 0.2) is 0 Å². The van der Waals surface area contributed by atoms with Gasteiger partial charge in [-0.25, -0.2) is 0 Å². The van der Waals surface area contributed by atoms with Crippen molar-refractivity contribution in [2.75, 3.05) is 11.9 Å². The van der Waals surface area contributed by atoms with Crippen LogP contribution < -0.4 is 5.32 Å². The van der Waals surface area contributed by atoms with Gasteiger partial charge in [0.1, 0.15) is 0 Å². The Hall–Kier alpha value is -1.39. The molecule has 2 aliphatic heterocycles. The molecule has 96 valence electrons. The van der Waals surface area contributed by atoms with Gasteiger partial charge in [-0.1, -0.05) is 12.1 Å². The Morgan fingerprint density at radius 1 is 1.50 bits per heavy atom. The molecule has 0 bridgehead atoms. The van der Waals surface area contributed by atoms with E-state index in [4.69, 9.17) is 4.74 Å². The molecule has 1 aromatic rings. The number of carbonyl (C=O) groups is 1. The first-order chi connectivity index (χ1) is 8.72. The van der Waals surface area contributed by atoms with Gasteiger partial charge in [0, 0.05) is 18.7 Å². The fourth-order valence-corrected chi connectivity index (χ4v) is 2.67. The van der Waals surface area contributed by atoms with Crippen molar-refractivity contribution >= 4 is 11.6 Å². The van der Waals surface area contributed by atoms with Crippen molar-refractivity contribution in [1.82, 2.24) is 0 Å². The first kappa shape index (κ1) is 11.7. The van der Waals surface area contributed by atoms with Crippen LogP contribution in [0, 0.1) is 0 Å². The molecular weight excluding hydrogens is 230 g/mol. The predicted octanol–water partition coefficient (Wildman–Crippen LogP) is 1.78. The monoisotopic (exact) mass is 247 g/mol. The van der Waals surface area contributed by atoms with Gasteiger partial charge in [-0.3, -0.25) is 4.79 Å². The molecule has 2 heterocycles. The number of nitrogens with one attached hydrogen (secondary N) is 1. The third-order valence-corrected chi connectivity index (χ3v) is 3.65. The van der Waals surface area contributed by atoms with Crippen LogP contribution in [0.25, 0.3) is 0 Å². The number of fused-ring (bicyclic) bond motifs is 1. The van der Waals surface area contributed by atoms with Crippen LogP contribution in [0.5, 0.6) is 0 Å². The molecule has 0 spiro atoms. The van der Waals surface area contributed by atoms with E-state index in [0.717, 1.165) is 36.3 Å². The molecule has 0 saturated carbocycles. The third kappa shape index (κ3) is 2.26. The van der Waals surface area contributed by atoms with Crippen molar-refractivity contribution in [2.24, 2.45) is 0 Å². The Bertz CT molecular complexity index is 466. The minimum atomic E-state index is -0.505. The second-order valence-electron chi connectivity index (χ2n) is 5.03. The predicted molar refractivity (Wildman–Crippen MR) is 67.3 cm³/mol. The zero-order chi connectivity index (χ0) is 12.5. The molecule has 18 heavy (non-hydrogen) atoms. The van der Waals surface area contributed by atoms with Crippen LogP contribution in [-0.2, 0) is 16.0 Å². The van der Waals surface area contributed by atoms with Crippen LogP contribution in [-0.4, -0.2) is 23.7 Å². The summed E-state index contributed by atoms with van der Waals surface area (Å²) in [6, 6.07) is 5.67. The number of hydrogen-bond acceptors (Lipinski definition) is 3. The number of hydrogen-bond donors (Lipinski definition) is 2. The SMILES string of the molecule is O=C1Cc2cc(C(O)CC3CCCO3)ccc2N1. The molecule has 3 rings (SSSR count). The van der Waals surface area contributed by atoms with Crippen molar-refractivity contribution in [1.29, 1.82) is 0 Å². The first-order valence-electron chi connectivity index (χ1n) is 6.45. The molecular formula is C14H17NO3. The number of aliphatic hydroxyl groups is 1. The van der Waals surface area contributed by atoms with Gasteiger partial charge in [-0.2, -0.15) is 0 Å². The molecule has 1 amide bonds. The number of benzene rings is 1. The minimum Gasteiger partial charge on any atom is -0.388 e. The molecule has 2 unspecified atom stereocenters. The van der Waals surface area contributed by atoms with Crippen LogP contribution in [0.3, 0.4) is 0 Å². The van der Waals surface area contributed by atoms with Gasteiger partial charge in [-0.05, 0) is 30.0 Å². The fourth-order valence-electron chi connectivity index (χ4n) is 2.67. The van der Waals surface area contributed by atoms with E-state index < -0.39 is 6.10 Å². The standard InChI is InChI=1S/C14H17NO3/c16-13(8-11-2-1-5-18-11)9-3-4-12-10(6-9)7-14(17)15-12/h3-4,6,11,13,16H,1-2,5,7-8H2,(H,15,17). The van der Waals surface area contributed by atoms with Gasteiger partial charge in [0.25, 0.3) is 0 Å². The lowest BCUT2D eigenvalue weighted by Gasteiger charge is -2.16. The molecule has 0 radical (unpaired) electrons. The maximum Gasteiger partial charge on any atom is 0.228 e. The van der Waals surface area contributed by atoms with E-state index in [1.54, 1.807) is 0 Å². The Kier molecular flexibility index (Phi) is 3.06. The van der Waals surface area contributed by atoms with Gasteiger partial charge in [0.05, 0.1) is 18.6 Å². The second kappa shape index (κ2) is 4.71. The molecule has 0 aromatic heterocycles. The summed E-state index contributed by atoms with van der Waals surface area (Å²) in [6.07, 6.45) is 2.83. The molecule has 1 fully saturated rings. The van der Waals surface area contributed by atoms with Crippen molar-refractivity contribution in [3.63, 3.8) is 0 Å². The summed E-state index contributed by atoms with van der Waals surface area (Å²) in [6.45, 7) is 0.806. The van der Waals surface area contributed by atoms with Crippen molar-refractivity contribution in [3.8, 4) is 0 Å². The van der Waals surface area contributed by atoms with Crippen LogP contribution in [0.15, 0.2) is 18.2 Å². The summed E-state index contributed by atoms with van der Waals surface area (Å²) in [5.74, 6) is 0.0239. The summed E-state index contributed by atoms with van der Waals surface area (Å²) in [4.78, 5) is 11.3.